The number of nitrogens with one attached hydrogen (secondary N) is 1. The Bertz CT molecular complexity index is 479. The zero-order valence-electron chi connectivity index (χ0n) is 12.5. The van der Waals surface area contributed by atoms with E-state index >= 15 is 0 Å². The van der Waals surface area contributed by atoms with Crippen molar-refractivity contribution < 1.29 is 9.90 Å². The van der Waals surface area contributed by atoms with E-state index in [0.717, 1.165) is 31.6 Å². The maximum Gasteiger partial charge on any atom is 0.241 e. The fourth-order valence-electron chi connectivity index (χ4n) is 2.50. The summed E-state index contributed by atoms with van der Waals surface area (Å²) in [6, 6.07) is 5.80. The number of benzene rings is 1. The molecule has 1 aromatic rings. The number of aryl methyl sites for hydroxylation is 2. The van der Waals surface area contributed by atoms with Crippen molar-refractivity contribution in [3.63, 3.8) is 0 Å². The molecular weight excluding hydrogens is 252 g/mol. The number of aliphatic hydroxyl groups excluding tert-OH is 1. The maximum absolute atomic E-state index is 12.3. The molecule has 1 fully saturated rings. The summed E-state index contributed by atoms with van der Waals surface area (Å²) in [4.78, 5) is 14.4. The Labute approximate surface area is 120 Å². The van der Waals surface area contributed by atoms with Crippen LogP contribution in [0.4, 0.5) is 5.69 Å². The van der Waals surface area contributed by atoms with Crippen molar-refractivity contribution in [2.24, 2.45) is 0 Å². The van der Waals surface area contributed by atoms with Crippen LogP contribution in [-0.2, 0) is 4.79 Å². The van der Waals surface area contributed by atoms with Crippen molar-refractivity contribution in [2.75, 3.05) is 18.4 Å². The summed E-state index contributed by atoms with van der Waals surface area (Å²) in [6.45, 7) is 7.59. The van der Waals surface area contributed by atoms with Crippen LogP contribution in [0.3, 0.4) is 0 Å². The van der Waals surface area contributed by atoms with Crippen molar-refractivity contribution in [1.29, 1.82) is 0 Å². The minimum Gasteiger partial charge on any atom is -0.393 e. The number of rotatable bonds is 3. The minimum absolute atomic E-state index is 0.0182. The topological polar surface area (TPSA) is 52.6 Å². The van der Waals surface area contributed by atoms with E-state index in [1.54, 1.807) is 0 Å². The van der Waals surface area contributed by atoms with Gasteiger partial charge in [-0.2, -0.15) is 0 Å². The van der Waals surface area contributed by atoms with E-state index in [1.165, 1.54) is 11.1 Å². The van der Waals surface area contributed by atoms with Gasteiger partial charge in [0.05, 0.1) is 12.1 Å². The summed E-state index contributed by atoms with van der Waals surface area (Å²) in [5, 5.41) is 12.5. The highest BCUT2D eigenvalue weighted by Gasteiger charge is 2.25. The van der Waals surface area contributed by atoms with E-state index in [2.05, 4.69) is 17.1 Å². The lowest BCUT2D eigenvalue weighted by Gasteiger charge is -2.33. The predicted molar refractivity (Wildman–Crippen MR) is 80.8 cm³/mol. The van der Waals surface area contributed by atoms with Gasteiger partial charge in [0, 0.05) is 18.8 Å². The molecule has 1 aromatic carbocycles. The van der Waals surface area contributed by atoms with E-state index < -0.39 is 0 Å². The van der Waals surface area contributed by atoms with Gasteiger partial charge in [0.2, 0.25) is 5.91 Å². The quantitative estimate of drug-likeness (QED) is 0.889. The number of aliphatic hydroxyl groups is 1. The molecule has 1 atom stereocenters. The fraction of sp³-hybridized carbons (Fsp3) is 0.562. The van der Waals surface area contributed by atoms with Gasteiger partial charge >= 0.3 is 0 Å². The molecular formula is C16H24N2O2. The van der Waals surface area contributed by atoms with Gasteiger partial charge in [0.25, 0.3) is 0 Å². The zero-order chi connectivity index (χ0) is 14.7. The molecule has 0 aromatic heterocycles. The molecule has 1 saturated heterocycles. The van der Waals surface area contributed by atoms with Crippen LogP contribution in [0.5, 0.6) is 0 Å². The SMILES string of the molecule is Cc1ccc(NC(=O)C(C)N2CCC(O)CC2)cc1C. The van der Waals surface area contributed by atoms with Crippen LogP contribution in [-0.4, -0.2) is 41.1 Å². The molecule has 1 unspecified atom stereocenters. The molecule has 0 aliphatic carbocycles. The lowest BCUT2D eigenvalue weighted by Crippen LogP contribution is -2.47. The molecule has 4 nitrogen and oxygen atoms in total. The average molecular weight is 276 g/mol. The summed E-state index contributed by atoms with van der Waals surface area (Å²) >= 11 is 0. The zero-order valence-corrected chi connectivity index (χ0v) is 12.5. The van der Waals surface area contributed by atoms with Crippen molar-refractivity contribution in [2.45, 2.75) is 45.8 Å². The normalized spacial score (nSPS) is 18.8. The van der Waals surface area contributed by atoms with E-state index in [0.29, 0.717) is 0 Å². The summed E-state index contributed by atoms with van der Waals surface area (Å²) in [5.74, 6) is 0.0182. The Balaban J connectivity index is 1.95. The van der Waals surface area contributed by atoms with E-state index in [1.807, 2.05) is 32.0 Å². The van der Waals surface area contributed by atoms with Gasteiger partial charge in [-0.1, -0.05) is 6.07 Å². The van der Waals surface area contributed by atoms with Crippen LogP contribution in [0.1, 0.15) is 30.9 Å². The summed E-state index contributed by atoms with van der Waals surface area (Å²) in [7, 11) is 0. The monoisotopic (exact) mass is 276 g/mol. The number of carbonyl (C=O) groups is 1. The van der Waals surface area contributed by atoms with Gasteiger partial charge in [0.15, 0.2) is 0 Å². The highest BCUT2D eigenvalue weighted by molar-refractivity contribution is 5.94. The largest absolute Gasteiger partial charge is 0.393 e. The predicted octanol–water partition coefficient (Wildman–Crippen LogP) is 2.09. The third kappa shape index (κ3) is 3.58. The molecule has 0 bridgehead atoms. The third-order valence-electron chi connectivity index (χ3n) is 4.20. The smallest absolute Gasteiger partial charge is 0.241 e. The van der Waals surface area contributed by atoms with Crippen molar-refractivity contribution in [3.05, 3.63) is 29.3 Å². The second-order valence-corrected chi connectivity index (χ2v) is 5.73. The molecule has 1 aliphatic rings. The lowest BCUT2D eigenvalue weighted by atomic mass is 10.1. The molecule has 110 valence electrons. The van der Waals surface area contributed by atoms with Crippen LogP contribution >= 0.6 is 0 Å². The molecule has 4 heteroatoms. The van der Waals surface area contributed by atoms with Crippen molar-refractivity contribution in [1.82, 2.24) is 4.90 Å². The highest BCUT2D eigenvalue weighted by atomic mass is 16.3. The van der Waals surface area contributed by atoms with Crippen LogP contribution in [0.25, 0.3) is 0 Å². The third-order valence-corrected chi connectivity index (χ3v) is 4.20. The van der Waals surface area contributed by atoms with Crippen LogP contribution < -0.4 is 5.32 Å². The Morgan fingerprint density at radius 2 is 1.95 bits per heavy atom. The Kier molecular flexibility index (Phi) is 4.78. The van der Waals surface area contributed by atoms with Crippen molar-refractivity contribution in [3.8, 4) is 0 Å². The van der Waals surface area contributed by atoms with Gasteiger partial charge in [-0.15, -0.1) is 0 Å². The number of carbonyl (C=O) groups excluding carboxylic acids is 1. The number of amides is 1. The molecule has 0 saturated carbocycles. The number of likely N-dealkylation sites (tertiary alicyclic amines) is 1. The maximum atomic E-state index is 12.3. The van der Waals surface area contributed by atoms with Crippen LogP contribution in [0.15, 0.2) is 18.2 Å². The summed E-state index contributed by atoms with van der Waals surface area (Å²) in [5.41, 5.74) is 3.25. The summed E-state index contributed by atoms with van der Waals surface area (Å²) < 4.78 is 0. The lowest BCUT2D eigenvalue weighted by molar-refractivity contribution is -0.121. The highest BCUT2D eigenvalue weighted by Crippen LogP contribution is 2.17. The first-order valence-electron chi connectivity index (χ1n) is 7.27. The Morgan fingerprint density at radius 3 is 2.55 bits per heavy atom. The first-order valence-corrected chi connectivity index (χ1v) is 7.27. The van der Waals surface area contributed by atoms with Crippen LogP contribution in [0.2, 0.25) is 0 Å². The first kappa shape index (κ1) is 15.0. The number of hydrogen-bond donors (Lipinski definition) is 2. The van der Waals surface area contributed by atoms with Gasteiger partial charge < -0.3 is 10.4 Å². The number of piperidine rings is 1. The molecule has 2 rings (SSSR count). The average Bonchev–Trinajstić information content (AvgIpc) is 2.43. The van der Waals surface area contributed by atoms with Gasteiger partial charge in [-0.3, -0.25) is 9.69 Å². The Morgan fingerprint density at radius 1 is 1.30 bits per heavy atom. The van der Waals surface area contributed by atoms with Gasteiger partial charge in [0.1, 0.15) is 0 Å². The standard InChI is InChI=1S/C16H24N2O2/c1-11-4-5-14(10-12(11)2)17-16(20)13(3)18-8-6-15(19)7-9-18/h4-5,10,13,15,19H,6-9H2,1-3H3,(H,17,20). The molecule has 1 amide bonds. The second kappa shape index (κ2) is 6.37. The second-order valence-electron chi connectivity index (χ2n) is 5.73. The molecule has 0 radical (unpaired) electrons. The number of nitrogens with zero attached hydrogens (tertiary/aromatic N) is 1. The minimum atomic E-state index is -0.207. The Hall–Kier alpha value is -1.39. The molecule has 0 spiro atoms. The molecule has 2 N–H and O–H groups in total. The van der Waals surface area contributed by atoms with E-state index in [4.69, 9.17) is 0 Å². The van der Waals surface area contributed by atoms with Crippen LogP contribution in [0, 0.1) is 13.8 Å². The molecule has 1 heterocycles. The number of hydrogen-bond acceptors (Lipinski definition) is 3. The first-order chi connectivity index (χ1) is 9.47. The van der Waals surface area contributed by atoms with Crippen molar-refractivity contribution >= 4 is 11.6 Å². The summed E-state index contributed by atoms with van der Waals surface area (Å²) in [6.07, 6.45) is 1.30. The van der Waals surface area contributed by atoms with Gasteiger partial charge in [-0.05, 0) is 56.9 Å². The molecule has 1 aliphatic heterocycles. The number of anilines is 1. The van der Waals surface area contributed by atoms with E-state index in [9.17, 15) is 9.90 Å². The fourth-order valence-corrected chi connectivity index (χ4v) is 2.50. The molecule has 20 heavy (non-hydrogen) atoms. The van der Waals surface area contributed by atoms with E-state index in [-0.39, 0.29) is 18.1 Å². The van der Waals surface area contributed by atoms with Gasteiger partial charge in [-0.25, -0.2) is 0 Å².